The van der Waals surface area contributed by atoms with Gasteiger partial charge >= 0.3 is 14.5 Å². The van der Waals surface area contributed by atoms with Crippen molar-refractivity contribution < 1.29 is 72.2 Å². The zero-order valence-electron chi connectivity index (χ0n) is 21.1. The van der Waals surface area contributed by atoms with Crippen LogP contribution in [0.4, 0.5) is 10.2 Å². The predicted molar refractivity (Wildman–Crippen MR) is 137 cm³/mol. The van der Waals surface area contributed by atoms with Crippen LogP contribution in [0.15, 0.2) is 25.2 Å². The van der Waals surface area contributed by atoms with Gasteiger partial charge in [0.2, 0.25) is 0 Å². The van der Waals surface area contributed by atoms with E-state index in [0.717, 1.165) is 16.9 Å². The van der Waals surface area contributed by atoms with Gasteiger partial charge in [-0.1, -0.05) is 6.58 Å². The van der Waals surface area contributed by atoms with Crippen molar-refractivity contribution in [3.8, 4) is 0 Å². The molecular formula is C19H28FN5O14P2S. The number of hydrogen-bond acceptors (Lipinski definition) is 17. The number of fused-ring (bicyclic) bond motifs is 1. The second kappa shape index (κ2) is 12.4. The van der Waals surface area contributed by atoms with Crippen LogP contribution in [0.1, 0.15) is 11.8 Å². The Bertz CT molecular complexity index is 1390. The van der Waals surface area contributed by atoms with Crippen molar-refractivity contribution in [2.45, 2.75) is 60.8 Å². The van der Waals surface area contributed by atoms with Crippen LogP contribution >= 0.6 is 14.5 Å². The second-order valence-electron chi connectivity index (χ2n) is 9.21. The molecule has 7 unspecified atom stereocenters. The van der Waals surface area contributed by atoms with Crippen molar-refractivity contribution in [3.63, 3.8) is 0 Å². The number of phosphoric ester groups is 1. The summed E-state index contributed by atoms with van der Waals surface area (Å²) in [5, 5.41) is 63.4. The summed E-state index contributed by atoms with van der Waals surface area (Å²) in [4.78, 5) is 28.3. The number of rotatable bonds is 11. The summed E-state index contributed by atoms with van der Waals surface area (Å²) in [6, 6.07) is 0. The van der Waals surface area contributed by atoms with Gasteiger partial charge in [-0.15, -0.1) is 0 Å². The van der Waals surface area contributed by atoms with Crippen LogP contribution in [-0.2, 0) is 39.2 Å². The largest absolute Gasteiger partial charge is 0.481 e. The monoisotopic (exact) mass is 663 g/mol. The molecule has 0 aromatic carbocycles. The first-order chi connectivity index (χ1) is 19.5. The molecule has 4 rings (SSSR count). The molecular weight excluding hydrogens is 635 g/mol. The number of ether oxygens (including phenoxy) is 2. The van der Waals surface area contributed by atoms with Gasteiger partial charge in [0, 0.05) is 0 Å². The third kappa shape index (κ3) is 6.42. The summed E-state index contributed by atoms with van der Waals surface area (Å²) in [7, 11) is -5.51. The molecule has 23 heteroatoms. The highest BCUT2D eigenvalue weighted by Gasteiger charge is 2.57. The average Bonchev–Trinajstić information content (AvgIpc) is 3.46. The van der Waals surface area contributed by atoms with E-state index in [0.29, 0.717) is 0 Å². The number of imidazole rings is 1. The predicted octanol–water partition coefficient (Wildman–Crippen LogP) is -3.07. The van der Waals surface area contributed by atoms with Crippen molar-refractivity contribution in [1.82, 2.24) is 19.6 Å². The van der Waals surface area contributed by atoms with E-state index >= 15 is 4.39 Å². The Morgan fingerprint density at radius 2 is 1.93 bits per heavy atom. The lowest BCUT2D eigenvalue weighted by molar-refractivity contribution is -0.292. The van der Waals surface area contributed by atoms with Gasteiger partial charge in [0.25, 0.3) is 0 Å². The topological polar surface area (TPSA) is 294 Å². The number of hydrogen-bond donors (Lipinski definition) is 9. The van der Waals surface area contributed by atoms with Gasteiger partial charge < -0.3 is 60.2 Å². The second-order valence-corrected chi connectivity index (χ2v) is 13.6. The number of aliphatic hydroxyl groups is 6. The van der Waals surface area contributed by atoms with Crippen molar-refractivity contribution in [1.29, 1.82) is 0 Å². The summed E-state index contributed by atoms with van der Waals surface area (Å²) in [5.41, 5.74) is 3.16. The summed E-state index contributed by atoms with van der Waals surface area (Å²) < 4.78 is 54.3. The van der Waals surface area contributed by atoms with Crippen LogP contribution in [-0.4, -0.2) is 128 Å². The van der Waals surface area contributed by atoms with E-state index in [4.69, 9.17) is 36.6 Å². The third-order valence-electron chi connectivity index (χ3n) is 6.48. The van der Waals surface area contributed by atoms with E-state index in [2.05, 4.69) is 30.5 Å². The number of aliphatic hydroxyl groups excluding tert-OH is 6. The summed E-state index contributed by atoms with van der Waals surface area (Å²) in [6.07, 6.45) is -14.1. The molecule has 0 radical (unpaired) electrons. The van der Waals surface area contributed by atoms with Crippen LogP contribution < -0.4 is 5.73 Å². The minimum absolute atomic E-state index is 0.000966. The first-order valence-electron chi connectivity index (χ1n) is 11.8. The maximum absolute atomic E-state index is 15.9. The highest BCUT2D eigenvalue weighted by Crippen LogP contribution is 2.62. The highest BCUT2D eigenvalue weighted by atomic mass is 32.5. The molecule has 0 spiro atoms. The van der Waals surface area contributed by atoms with Gasteiger partial charge in [-0.2, -0.15) is 5.10 Å². The number of anilines is 1. The van der Waals surface area contributed by atoms with Gasteiger partial charge in [-0.05, 0) is 17.9 Å². The molecule has 0 saturated carbocycles. The normalized spacial score (nSPS) is 37.3. The van der Waals surface area contributed by atoms with Crippen molar-refractivity contribution in [2.75, 3.05) is 18.9 Å². The fourth-order valence-electron chi connectivity index (χ4n) is 4.33. The maximum atomic E-state index is 15.9. The van der Waals surface area contributed by atoms with Crippen LogP contribution in [0.2, 0.25) is 0 Å². The number of nitrogen functional groups attached to an aromatic ring is 1. The Morgan fingerprint density at radius 3 is 2.57 bits per heavy atom. The molecule has 19 nitrogen and oxygen atoms in total. The molecule has 42 heavy (non-hydrogen) atoms. The van der Waals surface area contributed by atoms with Crippen molar-refractivity contribution >= 4 is 37.8 Å². The number of halogens is 1. The summed E-state index contributed by atoms with van der Waals surface area (Å²) in [6.45, 7) is -3.22. The Labute approximate surface area is 240 Å². The Hall–Kier alpha value is -1.62. The van der Waals surface area contributed by atoms with Crippen LogP contribution in [0.3, 0.4) is 0 Å². The van der Waals surface area contributed by atoms with Gasteiger partial charge in [0.15, 0.2) is 23.4 Å². The molecule has 2 aromatic rings. The van der Waals surface area contributed by atoms with Gasteiger partial charge in [0.05, 0.1) is 25.1 Å². The molecule has 0 aliphatic carbocycles. The molecule has 4 heterocycles. The number of aromatic nitrogens is 4. The quantitative estimate of drug-likeness (QED) is 0.0851. The molecule has 2 fully saturated rings. The van der Waals surface area contributed by atoms with E-state index in [1.54, 1.807) is 0 Å². The fourth-order valence-corrected chi connectivity index (χ4v) is 7.43. The minimum Gasteiger partial charge on any atom is -0.394 e. The molecule has 0 bridgehead atoms. The smallest absolute Gasteiger partial charge is 0.394 e. The van der Waals surface area contributed by atoms with Gasteiger partial charge in [0.1, 0.15) is 55.2 Å². The first kappa shape index (κ1) is 33.3. The Kier molecular flexibility index (Phi) is 9.83. The Morgan fingerprint density at radius 1 is 1.24 bits per heavy atom. The van der Waals surface area contributed by atoms with E-state index in [-0.39, 0.29) is 17.2 Å². The number of nitrogens with zero attached hydrogens (tertiary/aromatic N) is 4. The molecule has 10 N–H and O–H groups in total. The first-order valence-corrected chi connectivity index (χ1v) is 15.9. The number of nitrogens with two attached hydrogens (primary N) is 1. The lowest BCUT2D eigenvalue weighted by atomic mass is 9.91. The van der Waals surface area contributed by atoms with Crippen LogP contribution in [0.25, 0.3) is 5.65 Å². The molecule has 2 aromatic heterocycles. The maximum Gasteiger partial charge on any atom is 0.481 e. The van der Waals surface area contributed by atoms with Crippen LogP contribution in [0.5, 0.6) is 0 Å². The highest BCUT2D eigenvalue weighted by molar-refractivity contribution is 8.08. The lowest BCUT2D eigenvalue weighted by Gasteiger charge is -2.41. The van der Waals surface area contributed by atoms with E-state index < -0.39 is 88.5 Å². The van der Waals surface area contributed by atoms with E-state index in [1.165, 1.54) is 6.20 Å². The molecule has 2 aliphatic rings. The standard InChI is InChI=1S/C19H28FN5O14P2S/c1-2-19(20)14(31)9(36-15(19)7-3-22-17-16(21)23-6-24-25(7)17)5-35-41(34,42)39-40(32,33)38-18-12(30)10(28)11(29)13(37-18)8(27)4-26/h2-3,6,8-15,18,26-31H,1,4-5H2,(H,32,33)(H,34,42)(H2,21,23,24)/t8-,9+,10?,11?,12?,13?,14+,15-,18?,19+,41?/m0/s1. The molecule has 12 atom stereocenters. The summed E-state index contributed by atoms with van der Waals surface area (Å²) in [5.74, 6) is -0.0246. The lowest BCUT2D eigenvalue weighted by Crippen LogP contribution is -2.61. The zero-order valence-corrected chi connectivity index (χ0v) is 23.7. The average molecular weight is 663 g/mol. The molecule has 0 amide bonds. The molecule has 2 aliphatic heterocycles. The fraction of sp³-hybridized carbons (Fsp3) is 0.632. The van der Waals surface area contributed by atoms with Gasteiger partial charge in [-0.25, -0.2) is 27.7 Å². The number of alkyl halides is 1. The zero-order chi connectivity index (χ0) is 31.2. The minimum atomic E-state index is -5.51. The SMILES string of the molecule is C=C[C@@]1(F)[C@H](O)[C@@H](COP(O)(=S)OP(=O)(O)OC2OC([C@@H](O)CO)C(O)C(O)C2O)O[C@H]1c1cnc2c(N)ncnn12. The molecule has 236 valence electrons. The summed E-state index contributed by atoms with van der Waals surface area (Å²) >= 11 is 4.71. The van der Waals surface area contributed by atoms with E-state index in [1.807, 2.05) is 0 Å². The Balaban J connectivity index is 1.44. The van der Waals surface area contributed by atoms with Crippen LogP contribution in [0, 0.1) is 0 Å². The molecule has 2 saturated heterocycles. The third-order valence-corrected chi connectivity index (χ3v) is 9.99. The number of phosphoric acid groups is 1. The van der Waals surface area contributed by atoms with E-state index in [9.17, 15) is 39.9 Å². The van der Waals surface area contributed by atoms with Gasteiger partial charge in [-0.3, -0.25) is 4.52 Å². The van der Waals surface area contributed by atoms with Crippen molar-refractivity contribution in [3.05, 3.63) is 30.9 Å². The van der Waals surface area contributed by atoms with Crippen molar-refractivity contribution in [2.24, 2.45) is 0 Å².